The van der Waals surface area contributed by atoms with Crippen LogP contribution in [-0.2, 0) is 19.2 Å². The minimum atomic E-state index is -1.92. The van der Waals surface area contributed by atoms with E-state index < -0.39 is 45.2 Å². The minimum Gasteiger partial charge on any atom is -0.508 e. The van der Waals surface area contributed by atoms with Crippen molar-refractivity contribution in [3.8, 4) is 11.5 Å². The minimum absolute atomic E-state index is 0.0629. The Bertz CT molecular complexity index is 1540. The van der Waals surface area contributed by atoms with E-state index in [9.17, 15) is 24.3 Å². The van der Waals surface area contributed by atoms with Crippen molar-refractivity contribution in [2.45, 2.75) is 28.5 Å². The fourth-order valence-corrected chi connectivity index (χ4v) is 8.05. The number of hydrogen-bond acceptors (Lipinski definition) is 6. The van der Waals surface area contributed by atoms with Gasteiger partial charge in [-0.15, -0.1) is 23.2 Å². The van der Waals surface area contributed by atoms with E-state index in [2.05, 4.69) is 6.58 Å². The van der Waals surface area contributed by atoms with Gasteiger partial charge in [-0.2, -0.15) is 0 Å². The Morgan fingerprint density at radius 3 is 2.38 bits per heavy atom. The maximum absolute atomic E-state index is 14.0. The zero-order valence-electron chi connectivity index (χ0n) is 21.8. The van der Waals surface area contributed by atoms with Crippen LogP contribution < -0.4 is 9.64 Å². The van der Waals surface area contributed by atoms with E-state index in [-0.39, 0.29) is 36.2 Å². The average Bonchev–Trinajstić information content (AvgIpc) is 3.28. The Balaban J connectivity index is 1.52. The number of carbonyl (C=O) groups excluding carboxylic acids is 4. The van der Waals surface area contributed by atoms with Gasteiger partial charge >= 0.3 is 0 Å². The summed E-state index contributed by atoms with van der Waals surface area (Å²) in [4.78, 5) is 53.2. The number of phenols is 1. The molecule has 6 atom stereocenters. The summed E-state index contributed by atoms with van der Waals surface area (Å²) in [5.41, 5.74) is 2.39. The molecule has 10 heteroatoms. The van der Waals surface area contributed by atoms with E-state index in [4.69, 9.17) is 27.9 Å². The van der Waals surface area contributed by atoms with Crippen LogP contribution in [0, 0.1) is 17.8 Å². The Labute approximate surface area is 240 Å². The van der Waals surface area contributed by atoms with Gasteiger partial charge in [0.15, 0.2) is 9.75 Å². The second kappa shape index (κ2) is 8.94. The van der Waals surface area contributed by atoms with Crippen LogP contribution >= 0.6 is 23.2 Å². The van der Waals surface area contributed by atoms with E-state index in [1.165, 1.54) is 31.2 Å². The van der Waals surface area contributed by atoms with Crippen molar-refractivity contribution in [3.63, 3.8) is 0 Å². The van der Waals surface area contributed by atoms with Gasteiger partial charge in [0, 0.05) is 24.6 Å². The molecule has 2 aromatic rings. The summed E-state index contributed by atoms with van der Waals surface area (Å²) in [6.45, 7) is 3.74. The second-order valence-corrected chi connectivity index (χ2v) is 12.0. The Morgan fingerprint density at radius 1 is 1.02 bits per heavy atom. The second-order valence-electron chi connectivity index (χ2n) is 10.7. The summed E-state index contributed by atoms with van der Waals surface area (Å²) < 4.78 is 5.56. The van der Waals surface area contributed by atoms with Crippen LogP contribution in [0.25, 0.3) is 6.08 Å². The first-order valence-electron chi connectivity index (χ1n) is 12.9. The number of aromatic hydroxyl groups is 1. The largest absolute Gasteiger partial charge is 0.508 e. The number of phenolic OH excluding ortho intramolecular Hbond substituents is 1. The molecule has 1 saturated carbocycles. The normalized spacial score (nSPS) is 33.0. The highest BCUT2D eigenvalue weighted by Gasteiger charge is 2.76. The van der Waals surface area contributed by atoms with Gasteiger partial charge in [0.05, 0.1) is 24.6 Å². The van der Waals surface area contributed by atoms with Gasteiger partial charge in [0.1, 0.15) is 11.5 Å². The highest BCUT2D eigenvalue weighted by atomic mass is 35.5. The van der Waals surface area contributed by atoms with Crippen LogP contribution in [0.3, 0.4) is 0 Å². The van der Waals surface area contributed by atoms with Gasteiger partial charge in [-0.25, -0.2) is 0 Å². The van der Waals surface area contributed by atoms with Crippen LogP contribution in [0.2, 0.25) is 0 Å². The molecule has 206 valence electrons. The molecular weight excluding hydrogens is 555 g/mol. The number of fused-ring (bicyclic) bond motifs is 4. The first-order chi connectivity index (χ1) is 19.0. The lowest BCUT2D eigenvalue weighted by atomic mass is 9.56. The zero-order valence-corrected chi connectivity index (χ0v) is 23.3. The summed E-state index contributed by atoms with van der Waals surface area (Å²) in [7, 11) is 2.75. The molecule has 0 bridgehead atoms. The predicted molar refractivity (Wildman–Crippen MR) is 149 cm³/mol. The number of likely N-dealkylation sites (tertiary alicyclic amines) is 1. The molecular formula is C30H26Cl2N2O6. The third kappa shape index (κ3) is 3.26. The van der Waals surface area contributed by atoms with Crippen molar-refractivity contribution >= 4 is 58.6 Å². The van der Waals surface area contributed by atoms with Crippen molar-refractivity contribution in [2.75, 3.05) is 19.1 Å². The molecule has 4 amide bonds. The number of methoxy groups -OCH3 is 1. The monoisotopic (exact) mass is 580 g/mol. The van der Waals surface area contributed by atoms with E-state index in [1.54, 1.807) is 36.4 Å². The highest BCUT2D eigenvalue weighted by molar-refractivity contribution is 6.53. The van der Waals surface area contributed by atoms with Gasteiger partial charge in [0.2, 0.25) is 11.8 Å². The Morgan fingerprint density at radius 2 is 1.73 bits per heavy atom. The van der Waals surface area contributed by atoms with Crippen LogP contribution in [0.4, 0.5) is 5.69 Å². The quantitative estimate of drug-likeness (QED) is 0.329. The molecule has 1 N–H and O–H groups in total. The molecule has 0 spiro atoms. The number of anilines is 1. The summed E-state index contributed by atoms with van der Waals surface area (Å²) in [5, 5.41) is 10.1. The molecule has 2 aromatic carbocycles. The summed E-state index contributed by atoms with van der Waals surface area (Å²) in [6.07, 6.45) is 3.68. The van der Waals surface area contributed by atoms with E-state index >= 15 is 0 Å². The van der Waals surface area contributed by atoms with Gasteiger partial charge in [-0.1, -0.05) is 42.5 Å². The predicted octanol–water partition coefficient (Wildman–Crippen LogP) is 4.24. The molecule has 2 aliphatic carbocycles. The van der Waals surface area contributed by atoms with Gasteiger partial charge < -0.3 is 9.84 Å². The first-order valence-corrected chi connectivity index (χ1v) is 13.6. The lowest BCUT2D eigenvalue weighted by Gasteiger charge is -2.51. The molecule has 2 aliphatic heterocycles. The fourth-order valence-electron chi connectivity index (χ4n) is 7.04. The molecule has 0 unspecified atom stereocenters. The number of nitrogens with zero attached hydrogens (tertiary/aromatic N) is 2. The molecule has 6 rings (SSSR count). The van der Waals surface area contributed by atoms with E-state index in [1.807, 2.05) is 6.08 Å². The van der Waals surface area contributed by atoms with Gasteiger partial charge in [-0.05, 0) is 42.5 Å². The number of imide groups is 2. The molecule has 3 fully saturated rings. The number of hydrogen-bond donors (Lipinski definition) is 1. The Kier molecular flexibility index (Phi) is 5.95. The molecule has 0 radical (unpaired) electrons. The molecule has 2 saturated heterocycles. The molecule has 2 heterocycles. The molecule has 0 aromatic heterocycles. The number of alkyl halides is 2. The van der Waals surface area contributed by atoms with Crippen LogP contribution in [-0.4, -0.2) is 57.5 Å². The number of ether oxygens (including phenoxy) is 1. The summed E-state index contributed by atoms with van der Waals surface area (Å²) in [5.74, 6) is -4.92. The third-order valence-electron chi connectivity index (χ3n) is 8.93. The summed E-state index contributed by atoms with van der Waals surface area (Å²) in [6, 6.07) is 11.4. The SMILES string of the molecule is C=Cc1ccc(N2C(=O)[C@H]3[C@H](CC=C4[C@H]3C[C@@]3(Cl)C(=O)N(C)C(=O)[C@@]3(Cl)[C@H]4c3ccc(O)cc3OC)C2=O)cc1. The number of amides is 4. The summed E-state index contributed by atoms with van der Waals surface area (Å²) >= 11 is 14.4. The van der Waals surface area contributed by atoms with Crippen LogP contribution in [0.15, 0.2) is 60.7 Å². The molecule has 4 aliphatic rings. The van der Waals surface area contributed by atoms with E-state index in [0.717, 1.165) is 10.5 Å². The number of halogens is 2. The van der Waals surface area contributed by atoms with Gasteiger partial charge in [0.25, 0.3) is 11.8 Å². The number of rotatable bonds is 4. The molecule has 8 nitrogen and oxygen atoms in total. The van der Waals surface area contributed by atoms with Crippen molar-refractivity contribution in [3.05, 3.63) is 71.8 Å². The lowest BCUT2D eigenvalue weighted by Crippen LogP contribution is -2.60. The van der Waals surface area contributed by atoms with E-state index in [0.29, 0.717) is 16.8 Å². The smallest absolute Gasteiger partial charge is 0.253 e. The standard InChI is InChI=1S/C30H26Cl2N2O6/c1-4-15-5-7-16(8-6-15)34-25(36)20-12-11-18-21(23(20)26(34)37)14-29(31)27(38)33(2)28(39)30(29,32)24(18)19-10-9-17(35)13-22(19)40-3/h4-11,13,20-21,23-24,35H,1,12,14H2,2-3H3/t20-,21+,23-,24+,29+,30-/m0/s1. The lowest BCUT2D eigenvalue weighted by molar-refractivity contribution is -0.138. The average molecular weight is 581 g/mol. The number of carbonyl (C=O) groups is 4. The Hall–Kier alpha value is -3.62. The van der Waals surface area contributed by atoms with Gasteiger partial charge in [-0.3, -0.25) is 29.0 Å². The third-order valence-corrected chi connectivity index (χ3v) is 10.3. The zero-order chi connectivity index (χ0) is 28.7. The first kappa shape index (κ1) is 26.6. The van der Waals surface area contributed by atoms with Crippen molar-refractivity contribution in [2.24, 2.45) is 17.8 Å². The van der Waals surface area contributed by atoms with Crippen LogP contribution in [0.1, 0.15) is 29.9 Å². The maximum Gasteiger partial charge on any atom is 0.253 e. The fraction of sp³-hybridized carbons (Fsp3) is 0.333. The highest BCUT2D eigenvalue weighted by Crippen LogP contribution is 2.66. The van der Waals surface area contributed by atoms with Crippen molar-refractivity contribution < 1.29 is 29.0 Å². The molecule has 40 heavy (non-hydrogen) atoms. The van der Waals surface area contributed by atoms with Crippen molar-refractivity contribution in [1.82, 2.24) is 4.90 Å². The maximum atomic E-state index is 14.0. The van der Waals surface area contributed by atoms with Crippen molar-refractivity contribution in [1.29, 1.82) is 0 Å². The topological polar surface area (TPSA) is 104 Å². The van der Waals surface area contributed by atoms with Crippen LogP contribution in [0.5, 0.6) is 11.5 Å². The number of benzene rings is 2. The number of allylic oxidation sites excluding steroid dienone is 2.